The molecule has 1 aromatic heterocycles. The molecule has 1 atom stereocenters. The standard InChI is InChI=1S/C22H21Cl2N3.C2H6/c1-13(27-25-2)20-21(15-7-4-8-16(23)11-15)18-12-17(24)9-10-19(18)26-22(20)14-5-3-6-14;1-2/h4,7-14,27H,2-3,5-6H2,1H3;1-2H3. The maximum atomic E-state index is 6.35. The Labute approximate surface area is 183 Å². The fourth-order valence-corrected chi connectivity index (χ4v) is 4.22. The maximum absolute atomic E-state index is 6.35. The van der Waals surface area contributed by atoms with Crippen LogP contribution in [0.3, 0.4) is 0 Å². The third-order valence-corrected chi connectivity index (χ3v) is 5.81. The van der Waals surface area contributed by atoms with E-state index in [4.69, 9.17) is 28.2 Å². The van der Waals surface area contributed by atoms with Crippen molar-refractivity contribution in [1.29, 1.82) is 0 Å². The molecule has 0 radical (unpaired) electrons. The third-order valence-electron chi connectivity index (χ3n) is 5.34. The number of hydrogen-bond acceptors (Lipinski definition) is 3. The summed E-state index contributed by atoms with van der Waals surface area (Å²) >= 11 is 12.7. The largest absolute Gasteiger partial charge is 0.303 e. The molecule has 2 aromatic carbocycles. The van der Waals surface area contributed by atoms with Gasteiger partial charge in [0, 0.05) is 33.6 Å². The Hall–Kier alpha value is -2.10. The van der Waals surface area contributed by atoms with Gasteiger partial charge >= 0.3 is 0 Å². The summed E-state index contributed by atoms with van der Waals surface area (Å²) in [6, 6.07) is 13.8. The number of fused-ring (bicyclic) bond motifs is 1. The van der Waals surface area contributed by atoms with Gasteiger partial charge in [-0.05, 0) is 61.2 Å². The van der Waals surface area contributed by atoms with Gasteiger partial charge < -0.3 is 5.43 Å². The van der Waals surface area contributed by atoms with Crippen LogP contribution in [-0.2, 0) is 0 Å². The molecule has 5 heteroatoms. The highest BCUT2D eigenvalue weighted by Crippen LogP contribution is 2.45. The molecule has 1 heterocycles. The van der Waals surface area contributed by atoms with Crippen LogP contribution in [-0.4, -0.2) is 11.7 Å². The molecule has 4 rings (SSSR count). The number of halogens is 2. The van der Waals surface area contributed by atoms with Crippen molar-refractivity contribution in [3.63, 3.8) is 0 Å². The van der Waals surface area contributed by atoms with Gasteiger partial charge in [-0.15, -0.1) is 0 Å². The van der Waals surface area contributed by atoms with Crippen molar-refractivity contribution in [2.75, 3.05) is 0 Å². The zero-order chi connectivity index (χ0) is 21.0. The van der Waals surface area contributed by atoms with Crippen LogP contribution >= 0.6 is 23.2 Å². The first kappa shape index (κ1) is 21.6. The molecular weight excluding hydrogens is 401 g/mol. The van der Waals surface area contributed by atoms with Crippen LogP contribution < -0.4 is 5.43 Å². The molecule has 1 aliphatic rings. The molecule has 1 unspecified atom stereocenters. The summed E-state index contributed by atoms with van der Waals surface area (Å²) in [5.41, 5.74) is 8.56. The van der Waals surface area contributed by atoms with Crippen LogP contribution in [0.1, 0.15) is 63.3 Å². The lowest BCUT2D eigenvalue weighted by Crippen LogP contribution is -2.20. The van der Waals surface area contributed by atoms with E-state index in [0.717, 1.165) is 33.3 Å². The van der Waals surface area contributed by atoms with Gasteiger partial charge in [0.15, 0.2) is 0 Å². The average molecular weight is 428 g/mol. The number of aromatic nitrogens is 1. The van der Waals surface area contributed by atoms with E-state index in [1.54, 1.807) is 0 Å². The van der Waals surface area contributed by atoms with E-state index in [1.165, 1.54) is 19.3 Å². The van der Waals surface area contributed by atoms with Crippen molar-refractivity contribution >= 4 is 40.8 Å². The van der Waals surface area contributed by atoms with Crippen molar-refractivity contribution in [3.05, 3.63) is 63.8 Å². The van der Waals surface area contributed by atoms with Gasteiger partial charge in [0.05, 0.1) is 17.3 Å². The number of benzene rings is 2. The third kappa shape index (κ3) is 4.41. The summed E-state index contributed by atoms with van der Waals surface area (Å²) in [6.45, 7) is 9.70. The number of hydrogen-bond donors (Lipinski definition) is 1. The molecule has 3 nitrogen and oxygen atoms in total. The quantitative estimate of drug-likeness (QED) is 0.333. The molecule has 0 spiro atoms. The van der Waals surface area contributed by atoms with Crippen molar-refractivity contribution < 1.29 is 0 Å². The van der Waals surface area contributed by atoms with Gasteiger partial charge in [0.1, 0.15) is 0 Å². The second-order valence-corrected chi connectivity index (χ2v) is 7.97. The average Bonchev–Trinajstić information content (AvgIpc) is 2.67. The predicted octanol–water partition coefficient (Wildman–Crippen LogP) is 7.77. The van der Waals surface area contributed by atoms with Crippen LogP contribution in [0.4, 0.5) is 0 Å². The second-order valence-electron chi connectivity index (χ2n) is 7.09. The van der Waals surface area contributed by atoms with Gasteiger partial charge in [-0.1, -0.05) is 55.6 Å². The Morgan fingerprint density at radius 3 is 2.45 bits per heavy atom. The van der Waals surface area contributed by atoms with Crippen molar-refractivity contribution in [3.8, 4) is 11.1 Å². The lowest BCUT2D eigenvalue weighted by Gasteiger charge is -2.31. The Kier molecular flexibility index (Phi) is 7.15. The highest BCUT2D eigenvalue weighted by Gasteiger charge is 2.29. The number of hydrazone groups is 1. The molecule has 152 valence electrons. The number of nitrogens with one attached hydrogen (secondary N) is 1. The van der Waals surface area contributed by atoms with Crippen molar-refractivity contribution in [2.45, 2.75) is 52.0 Å². The summed E-state index contributed by atoms with van der Waals surface area (Å²) in [4.78, 5) is 5.06. The number of rotatable bonds is 5. The first-order valence-corrected chi connectivity index (χ1v) is 10.9. The number of pyridine rings is 1. The van der Waals surface area contributed by atoms with Gasteiger partial charge in [-0.3, -0.25) is 4.98 Å². The van der Waals surface area contributed by atoms with E-state index in [9.17, 15) is 0 Å². The Morgan fingerprint density at radius 1 is 1.10 bits per heavy atom. The molecule has 1 saturated carbocycles. The van der Waals surface area contributed by atoms with Crippen LogP contribution in [0.15, 0.2) is 47.6 Å². The Balaban J connectivity index is 0.00000117. The SMILES string of the molecule is C=NNC(C)c1c(C2CCC2)nc2ccc(Cl)cc2c1-c1cccc(Cl)c1.CC. The zero-order valence-corrected chi connectivity index (χ0v) is 18.7. The molecule has 0 amide bonds. The van der Waals surface area contributed by atoms with Gasteiger partial charge in [-0.2, -0.15) is 5.10 Å². The normalized spacial score (nSPS) is 14.5. The Bertz CT molecular complexity index is 1010. The minimum absolute atomic E-state index is 0.0250. The first-order chi connectivity index (χ1) is 14.1. The molecule has 1 N–H and O–H groups in total. The van der Waals surface area contributed by atoms with Crippen molar-refractivity contribution in [1.82, 2.24) is 10.4 Å². The van der Waals surface area contributed by atoms with Crippen LogP contribution in [0.5, 0.6) is 0 Å². The van der Waals surface area contributed by atoms with E-state index in [-0.39, 0.29) is 6.04 Å². The van der Waals surface area contributed by atoms with Crippen LogP contribution in [0.2, 0.25) is 10.0 Å². The fraction of sp³-hybridized carbons (Fsp3) is 0.333. The van der Waals surface area contributed by atoms with Crippen molar-refractivity contribution in [2.24, 2.45) is 5.10 Å². The minimum Gasteiger partial charge on any atom is -0.303 e. The summed E-state index contributed by atoms with van der Waals surface area (Å²) < 4.78 is 0. The highest BCUT2D eigenvalue weighted by atomic mass is 35.5. The lowest BCUT2D eigenvalue weighted by molar-refractivity contribution is 0.405. The van der Waals surface area contributed by atoms with E-state index in [0.29, 0.717) is 16.0 Å². The molecule has 0 saturated heterocycles. The predicted molar refractivity (Wildman–Crippen MR) is 126 cm³/mol. The monoisotopic (exact) mass is 427 g/mol. The van der Waals surface area contributed by atoms with Gasteiger partial charge in [0.25, 0.3) is 0 Å². The molecule has 0 aliphatic heterocycles. The smallest absolute Gasteiger partial charge is 0.0712 e. The molecule has 0 bridgehead atoms. The number of nitrogens with zero attached hydrogens (tertiary/aromatic N) is 2. The first-order valence-electron chi connectivity index (χ1n) is 10.2. The topological polar surface area (TPSA) is 37.3 Å². The molecule has 1 aliphatic carbocycles. The highest BCUT2D eigenvalue weighted by molar-refractivity contribution is 6.32. The zero-order valence-electron chi connectivity index (χ0n) is 17.2. The summed E-state index contributed by atoms with van der Waals surface area (Å²) in [5.74, 6) is 0.479. The molecule has 1 fully saturated rings. The molecular formula is C24H27Cl2N3. The summed E-state index contributed by atoms with van der Waals surface area (Å²) in [7, 11) is 0. The minimum atomic E-state index is -0.0250. The second kappa shape index (κ2) is 9.60. The maximum Gasteiger partial charge on any atom is 0.0712 e. The van der Waals surface area contributed by atoms with Gasteiger partial charge in [0.2, 0.25) is 0 Å². The van der Waals surface area contributed by atoms with E-state index >= 15 is 0 Å². The van der Waals surface area contributed by atoms with Crippen LogP contribution in [0, 0.1) is 0 Å². The van der Waals surface area contributed by atoms with E-state index in [2.05, 4.69) is 30.2 Å². The fourth-order valence-electron chi connectivity index (χ4n) is 3.86. The van der Waals surface area contributed by atoms with Crippen LogP contribution in [0.25, 0.3) is 22.0 Å². The summed E-state index contributed by atoms with van der Waals surface area (Å²) in [5, 5.41) is 6.35. The van der Waals surface area contributed by atoms with E-state index < -0.39 is 0 Å². The lowest BCUT2D eigenvalue weighted by atomic mass is 9.78. The van der Waals surface area contributed by atoms with E-state index in [1.807, 2.05) is 50.2 Å². The molecule has 29 heavy (non-hydrogen) atoms. The summed E-state index contributed by atoms with van der Waals surface area (Å²) in [6.07, 6.45) is 3.59. The van der Waals surface area contributed by atoms with Gasteiger partial charge in [-0.25, -0.2) is 0 Å². The molecule has 3 aromatic rings. The Morgan fingerprint density at radius 2 is 1.83 bits per heavy atom.